The Bertz CT molecular complexity index is 1310. The first kappa shape index (κ1) is 24.3. The minimum atomic E-state index is -1.16. The Hall–Kier alpha value is -3.88. The summed E-state index contributed by atoms with van der Waals surface area (Å²) in [5.41, 5.74) is -0.591. The van der Waals surface area contributed by atoms with E-state index >= 15 is 0 Å². The van der Waals surface area contributed by atoms with Gasteiger partial charge in [0.15, 0.2) is 20.3 Å². The lowest BCUT2D eigenvalue weighted by Crippen LogP contribution is -2.26. The van der Waals surface area contributed by atoms with Crippen molar-refractivity contribution in [2.24, 2.45) is 0 Å². The molecule has 0 radical (unpaired) electrons. The molecule has 0 heterocycles. The SMILES string of the molecule is CC(C)(C#Cc1cc(F)cc(F)c1)OC(=O)c1ccc([S+](c2ccccc2)c2ccccc2)cc1. The van der Waals surface area contributed by atoms with Gasteiger partial charge in [-0.15, -0.1) is 0 Å². The van der Waals surface area contributed by atoms with E-state index in [0.717, 1.165) is 23.1 Å². The molecule has 0 amide bonds. The van der Waals surface area contributed by atoms with E-state index in [2.05, 4.69) is 36.1 Å². The van der Waals surface area contributed by atoms with Crippen LogP contribution in [0.3, 0.4) is 0 Å². The Morgan fingerprint density at radius 1 is 0.743 bits per heavy atom. The molecule has 0 saturated carbocycles. The molecule has 0 saturated heterocycles. The van der Waals surface area contributed by atoms with Crippen LogP contribution in [0.1, 0.15) is 29.8 Å². The molecule has 0 aliphatic heterocycles. The van der Waals surface area contributed by atoms with Gasteiger partial charge >= 0.3 is 5.97 Å². The van der Waals surface area contributed by atoms with Crippen LogP contribution in [0.25, 0.3) is 0 Å². The van der Waals surface area contributed by atoms with Crippen LogP contribution >= 0.6 is 0 Å². The molecule has 0 bridgehead atoms. The molecule has 4 aromatic rings. The van der Waals surface area contributed by atoms with E-state index in [0.29, 0.717) is 5.56 Å². The molecule has 0 unspecified atom stereocenters. The number of esters is 1. The third-order valence-electron chi connectivity index (χ3n) is 5.00. The van der Waals surface area contributed by atoms with Gasteiger partial charge in [-0.3, -0.25) is 0 Å². The first-order valence-electron chi connectivity index (χ1n) is 11.0. The predicted molar refractivity (Wildman–Crippen MR) is 134 cm³/mol. The van der Waals surface area contributed by atoms with Crippen molar-refractivity contribution >= 4 is 16.9 Å². The van der Waals surface area contributed by atoms with E-state index in [1.807, 2.05) is 48.5 Å². The van der Waals surface area contributed by atoms with E-state index < -0.39 is 23.2 Å². The van der Waals surface area contributed by atoms with Crippen molar-refractivity contribution in [3.8, 4) is 11.8 Å². The molecule has 0 aromatic heterocycles. The molecule has 0 fully saturated rings. The van der Waals surface area contributed by atoms with Crippen LogP contribution < -0.4 is 0 Å². The van der Waals surface area contributed by atoms with E-state index in [1.165, 1.54) is 9.79 Å². The molecular formula is C30H23F2O2S+. The summed E-state index contributed by atoms with van der Waals surface area (Å²) in [4.78, 5) is 16.2. The Morgan fingerprint density at radius 2 is 1.23 bits per heavy atom. The average Bonchev–Trinajstić information content (AvgIpc) is 2.84. The molecule has 35 heavy (non-hydrogen) atoms. The predicted octanol–water partition coefficient (Wildman–Crippen LogP) is 7.05. The van der Waals surface area contributed by atoms with Crippen LogP contribution in [0.5, 0.6) is 0 Å². The van der Waals surface area contributed by atoms with Gasteiger partial charge in [0.25, 0.3) is 0 Å². The van der Waals surface area contributed by atoms with Crippen LogP contribution in [0, 0.1) is 23.5 Å². The summed E-state index contributed by atoms with van der Waals surface area (Å²) < 4.78 is 32.4. The second kappa shape index (κ2) is 10.6. The van der Waals surface area contributed by atoms with Gasteiger partial charge in [-0.25, -0.2) is 13.6 Å². The van der Waals surface area contributed by atoms with E-state index in [-0.39, 0.29) is 16.5 Å². The summed E-state index contributed by atoms with van der Waals surface area (Å²) in [5.74, 6) is 3.50. The van der Waals surface area contributed by atoms with Gasteiger partial charge in [0.1, 0.15) is 11.6 Å². The first-order chi connectivity index (χ1) is 16.8. The fraction of sp³-hybridized carbons (Fsp3) is 0.100. The smallest absolute Gasteiger partial charge is 0.339 e. The van der Waals surface area contributed by atoms with Gasteiger partial charge in [-0.1, -0.05) is 48.2 Å². The van der Waals surface area contributed by atoms with Gasteiger partial charge in [0, 0.05) is 11.6 Å². The maximum atomic E-state index is 13.4. The molecule has 0 N–H and O–H groups in total. The topological polar surface area (TPSA) is 26.3 Å². The molecule has 4 rings (SSSR count). The van der Waals surface area contributed by atoms with Crippen molar-refractivity contribution < 1.29 is 18.3 Å². The zero-order valence-electron chi connectivity index (χ0n) is 19.3. The summed E-state index contributed by atoms with van der Waals surface area (Å²) in [6.45, 7) is 3.26. The summed E-state index contributed by atoms with van der Waals surface area (Å²) in [5, 5.41) is 0. The third-order valence-corrected chi connectivity index (χ3v) is 7.23. The normalized spacial score (nSPS) is 11.0. The van der Waals surface area contributed by atoms with Crippen molar-refractivity contribution in [3.05, 3.63) is 126 Å². The second-order valence-electron chi connectivity index (χ2n) is 8.26. The van der Waals surface area contributed by atoms with E-state index in [9.17, 15) is 13.6 Å². The van der Waals surface area contributed by atoms with E-state index in [1.54, 1.807) is 26.0 Å². The van der Waals surface area contributed by atoms with Crippen molar-refractivity contribution in [3.63, 3.8) is 0 Å². The zero-order chi connectivity index (χ0) is 24.8. The highest BCUT2D eigenvalue weighted by Crippen LogP contribution is 2.31. The van der Waals surface area contributed by atoms with E-state index in [4.69, 9.17) is 4.74 Å². The van der Waals surface area contributed by atoms with Crippen LogP contribution in [0.2, 0.25) is 0 Å². The average molecular weight is 486 g/mol. The second-order valence-corrected chi connectivity index (χ2v) is 10.3. The first-order valence-corrected chi connectivity index (χ1v) is 12.2. The monoisotopic (exact) mass is 485 g/mol. The fourth-order valence-electron chi connectivity index (χ4n) is 3.41. The lowest BCUT2D eigenvalue weighted by molar-refractivity contribution is 0.0204. The van der Waals surface area contributed by atoms with Crippen LogP contribution in [-0.2, 0) is 15.6 Å². The molecule has 0 aliphatic rings. The molecule has 4 aromatic carbocycles. The molecular weight excluding hydrogens is 462 g/mol. The number of carbonyl (C=O) groups excluding carboxylic acids is 1. The van der Waals surface area contributed by atoms with Crippen LogP contribution in [-0.4, -0.2) is 11.6 Å². The molecule has 0 aliphatic carbocycles. The van der Waals surface area contributed by atoms with Crippen molar-refractivity contribution in [1.29, 1.82) is 0 Å². The molecule has 2 nitrogen and oxygen atoms in total. The van der Waals surface area contributed by atoms with Crippen molar-refractivity contribution in [2.45, 2.75) is 34.1 Å². The molecule has 0 atom stereocenters. The largest absolute Gasteiger partial charge is 0.443 e. The van der Waals surface area contributed by atoms with Gasteiger partial charge in [-0.2, -0.15) is 0 Å². The Morgan fingerprint density at radius 3 is 1.74 bits per heavy atom. The van der Waals surface area contributed by atoms with Gasteiger partial charge < -0.3 is 4.74 Å². The number of halogens is 2. The van der Waals surface area contributed by atoms with Gasteiger partial charge in [0.2, 0.25) is 0 Å². The van der Waals surface area contributed by atoms with Crippen molar-refractivity contribution in [2.75, 3.05) is 0 Å². The Labute approximate surface area is 206 Å². The Kier molecular flexibility index (Phi) is 7.33. The minimum Gasteiger partial charge on any atom is -0.443 e. The van der Waals surface area contributed by atoms with Crippen molar-refractivity contribution in [1.82, 2.24) is 0 Å². The summed E-state index contributed by atoms with van der Waals surface area (Å²) in [6.07, 6.45) is 0. The third kappa shape index (κ3) is 6.38. The maximum Gasteiger partial charge on any atom is 0.339 e. The fourth-order valence-corrected chi connectivity index (χ4v) is 5.50. The highest BCUT2D eigenvalue weighted by Gasteiger charge is 2.29. The number of benzene rings is 4. The number of hydrogen-bond donors (Lipinski definition) is 0. The summed E-state index contributed by atoms with van der Waals surface area (Å²) in [7, 11) is -0.319. The van der Waals surface area contributed by atoms with Gasteiger partial charge in [0.05, 0.1) is 16.5 Å². The maximum absolute atomic E-state index is 13.4. The molecule has 5 heteroatoms. The highest BCUT2D eigenvalue weighted by molar-refractivity contribution is 7.97. The highest BCUT2D eigenvalue weighted by atomic mass is 32.2. The number of rotatable bonds is 5. The molecule has 174 valence electrons. The van der Waals surface area contributed by atoms with Crippen LogP contribution in [0.4, 0.5) is 8.78 Å². The standard InChI is InChI=1S/C30H23F2O2S/c1-30(2,18-17-22-19-24(31)21-25(32)20-22)34-29(33)23-13-15-28(16-14-23)35(26-9-5-3-6-10-26)27-11-7-4-8-12-27/h3-16,19-21H,1-2H3/q+1. The number of ether oxygens (including phenoxy) is 1. The van der Waals surface area contributed by atoms with Gasteiger partial charge in [-0.05, 0) is 74.5 Å². The minimum absolute atomic E-state index is 0.171. The lowest BCUT2D eigenvalue weighted by Gasteiger charge is -2.19. The molecule has 0 spiro atoms. The quantitative estimate of drug-likeness (QED) is 0.172. The number of hydrogen-bond acceptors (Lipinski definition) is 2. The summed E-state index contributed by atoms with van der Waals surface area (Å²) >= 11 is 0. The number of carbonyl (C=O) groups is 1. The lowest BCUT2D eigenvalue weighted by atomic mass is 10.1. The Balaban J connectivity index is 1.54. The van der Waals surface area contributed by atoms with Crippen LogP contribution in [0.15, 0.2) is 118 Å². The summed E-state index contributed by atoms with van der Waals surface area (Å²) in [6, 6.07) is 30.9. The zero-order valence-corrected chi connectivity index (χ0v) is 20.1.